The van der Waals surface area contributed by atoms with Crippen molar-refractivity contribution in [1.82, 2.24) is 9.80 Å². The molecule has 0 saturated heterocycles. The normalized spacial score (nSPS) is 17.0. The summed E-state index contributed by atoms with van der Waals surface area (Å²) >= 11 is 0. The van der Waals surface area contributed by atoms with Gasteiger partial charge in [-0.3, -0.25) is 4.90 Å². The molecule has 2 atom stereocenters. The zero-order chi connectivity index (χ0) is 9.72. The Morgan fingerprint density at radius 3 is 1.92 bits per heavy atom. The van der Waals surface area contributed by atoms with E-state index in [4.69, 9.17) is 5.11 Å². The third-order valence-electron chi connectivity index (χ3n) is 1.93. The zero-order valence-electron chi connectivity index (χ0n) is 8.91. The van der Waals surface area contributed by atoms with Crippen molar-refractivity contribution in [3.05, 3.63) is 0 Å². The Kier molecular flexibility index (Phi) is 5.46. The van der Waals surface area contributed by atoms with E-state index in [1.54, 1.807) is 0 Å². The number of aliphatic hydroxyl groups is 1. The lowest BCUT2D eigenvalue weighted by Gasteiger charge is -2.28. The van der Waals surface area contributed by atoms with E-state index in [0.717, 1.165) is 13.1 Å². The lowest BCUT2D eigenvalue weighted by atomic mass is 10.2. The second-order valence-corrected chi connectivity index (χ2v) is 3.90. The number of aliphatic hydroxyl groups excluding tert-OH is 1. The van der Waals surface area contributed by atoms with Gasteiger partial charge < -0.3 is 10.0 Å². The summed E-state index contributed by atoms with van der Waals surface area (Å²) in [7, 11) is 6.17. The lowest BCUT2D eigenvalue weighted by Crippen LogP contribution is -2.40. The molecule has 0 heterocycles. The van der Waals surface area contributed by atoms with Crippen molar-refractivity contribution in [3.8, 4) is 0 Å². The standard InChI is InChI=1S/C9H22N2O/c1-8(6-10(3)4)11(5)7-9(2)12/h8-9,12H,6-7H2,1-5H3. The van der Waals surface area contributed by atoms with E-state index < -0.39 is 0 Å². The summed E-state index contributed by atoms with van der Waals surface area (Å²) in [4.78, 5) is 4.33. The molecule has 0 spiro atoms. The van der Waals surface area contributed by atoms with Gasteiger partial charge in [0, 0.05) is 19.1 Å². The summed E-state index contributed by atoms with van der Waals surface area (Å²) in [6.07, 6.45) is -0.236. The molecule has 3 heteroatoms. The average Bonchev–Trinajstić information content (AvgIpc) is 1.84. The van der Waals surface area contributed by atoms with E-state index in [1.165, 1.54) is 0 Å². The molecular formula is C9H22N2O. The maximum absolute atomic E-state index is 9.15. The largest absolute Gasteiger partial charge is 0.392 e. The van der Waals surface area contributed by atoms with Crippen molar-refractivity contribution >= 4 is 0 Å². The minimum Gasteiger partial charge on any atom is -0.392 e. The molecule has 74 valence electrons. The van der Waals surface area contributed by atoms with Crippen molar-refractivity contribution < 1.29 is 5.11 Å². The molecule has 1 N–H and O–H groups in total. The van der Waals surface area contributed by atoms with Gasteiger partial charge in [0.15, 0.2) is 0 Å². The van der Waals surface area contributed by atoms with Crippen LogP contribution in [0.1, 0.15) is 13.8 Å². The maximum Gasteiger partial charge on any atom is 0.0639 e. The predicted molar refractivity (Wildman–Crippen MR) is 52.3 cm³/mol. The third kappa shape index (κ3) is 5.52. The summed E-state index contributed by atoms with van der Waals surface area (Å²) in [6.45, 7) is 5.76. The van der Waals surface area contributed by atoms with Crippen LogP contribution in [0.5, 0.6) is 0 Å². The van der Waals surface area contributed by atoms with Gasteiger partial charge in [-0.05, 0) is 35.0 Å². The van der Waals surface area contributed by atoms with Crippen LogP contribution in [-0.2, 0) is 0 Å². The van der Waals surface area contributed by atoms with Crippen LogP contribution in [0.4, 0.5) is 0 Å². The molecule has 12 heavy (non-hydrogen) atoms. The summed E-state index contributed by atoms with van der Waals surface area (Å²) in [6, 6.07) is 0.495. The van der Waals surface area contributed by atoms with Gasteiger partial charge in [0.05, 0.1) is 6.10 Å². The first kappa shape index (κ1) is 11.9. The number of hydrogen-bond donors (Lipinski definition) is 1. The Labute approximate surface area is 76.0 Å². The topological polar surface area (TPSA) is 26.7 Å². The monoisotopic (exact) mass is 174 g/mol. The Balaban J connectivity index is 3.68. The quantitative estimate of drug-likeness (QED) is 0.647. The third-order valence-corrected chi connectivity index (χ3v) is 1.93. The summed E-state index contributed by atoms with van der Waals surface area (Å²) in [5.41, 5.74) is 0. The van der Waals surface area contributed by atoms with Crippen LogP contribution in [0.2, 0.25) is 0 Å². The molecule has 0 aromatic rings. The van der Waals surface area contributed by atoms with Gasteiger partial charge in [-0.1, -0.05) is 0 Å². The smallest absolute Gasteiger partial charge is 0.0639 e. The highest BCUT2D eigenvalue weighted by Gasteiger charge is 2.11. The van der Waals surface area contributed by atoms with Gasteiger partial charge in [0.25, 0.3) is 0 Å². The van der Waals surface area contributed by atoms with Gasteiger partial charge >= 0.3 is 0 Å². The van der Waals surface area contributed by atoms with Crippen molar-refractivity contribution in [2.24, 2.45) is 0 Å². The Bertz CT molecular complexity index is 101. The van der Waals surface area contributed by atoms with Crippen molar-refractivity contribution in [2.45, 2.75) is 26.0 Å². The van der Waals surface area contributed by atoms with Gasteiger partial charge in [0.1, 0.15) is 0 Å². The highest BCUT2D eigenvalue weighted by molar-refractivity contribution is 4.67. The molecule has 0 amide bonds. The number of hydrogen-bond acceptors (Lipinski definition) is 3. The zero-order valence-corrected chi connectivity index (χ0v) is 8.91. The molecule has 0 rings (SSSR count). The fraction of sp³-hybridized carbons (Fsp3) is 1.00. The number of nitrogens with zero attached hydrogens (tertiary/aromatic N) is 2. The van der Waals surface area contributed by atoms with E-state index in [0.29, 0.717) is 6.04 Å². The molecule has 3 nitrogen and oxygen atoms in total. The van der Waals surface area contributed by atoms with Crippen molar-refractivity contribution in [1.29, 1.82) is 0 Å². The maximum atomic E-state index is 9.15. The molecule has 0 bridgehead atoms. The van der Waals surface area contributed by atoms with Gasteiger partial charge in [-0.2, -0.15) is 0 Å². The van der Waals surface area contributed by atoms with Crippen LogP contribution in [0.3, 0.4) is 0 Å². The fourth-order valence-electron chi connectivity index (χ4n) is 1.26. The molecule has 0 aromatic carbocycles. The molecule has 0 fully saturated rings. The van der Waals surface area contributed by atoms with E-state index in [2.05, 4.69) is 30.8 Å². The van der Waals surface area contributed by atoms with Crippen LogP contribution in [-0.4, -0.2) is 61.3 Å². The lowest BCUT2D eigenvalue weighted by molar-refractivity contribution is 0.112. The highest BCUT2D eigenvalue weighted by atomic mass is 16.3. The molecule has 0 aromatic heterocycles. The SMILES string of the molecule is CC(O)CN(C)C(C)CN(C)C. The van der Waals surface area contributed by atoms with Crippen molar-refractivity contribution in [3.63, 3.8) is 0 Å². The van der Waals surface area contributed by atoms with Gasteiger partial charge in [-0.15, -0.1) is 0 Å². The Hall–Kier alpha value is -0.120. The molecule has 2 unspecified atom stereocenters. The van der Waals surface area contributed by atoms with Crippen LogP contribution in [0.15, 0.2) is 0 Å². The first-order valence-corrected chi connectivity index (χ1v) is 4.46. The highest BCUT2D eigenvalue weighted by Crippen LogP contribution is 1.98. The fourth-order valence-corrected chi connectivity index (χ4v) is 1.26. The molecule has 0 radical (unpaired) electrons. The Morgan fingerprint density at radius 2 is 1.58 bits per heavy atom. The molecule has 0 aliphatic rings. The van der Waals surface area contributed by atoms with Crippen molar-refractivity contribution in [2.75, 3.05) is 34.2 Å². The number of likely N-dealkylation sites (N-methyl/N-ethyl adjacent to an activating group) is 2. The Morgan fingerprint density at radius 1 is 1.08 bits per heavy atom. The van der Waals surface area contributed by atoms with E-state index in [-0.39, 0.29) is 6.10 Å². The van der Waals surface area contributed by atoms with E-state index >= 15 is 0 Å². The first-order valence-electron chi connectivity index (χ1n) is 4.46. The summed E-state index contributed by atoms with van der Waals surface area (Å²) in [5.74, 6) is 0. The molecule has 0 saturated carbocycles. The van der Waals surface area contributed by atoms with Gasteiger partial charge in [0.2, 0.25) is 0 Å². The molecular weight excluding hydrogens is 152 g/mol. The second-order valence-electron chi connectivity index (χ2n) is 3.90. The van der Waals surface area contributed by atoms with Crippen LogP contribution >= 0.6 is 0 Å². The minimum atomic E-state index is -0.236. The van der Waals surface area contributed by atoms with Crippen LogP contribution in [0, 0.1) is 0 Å². The van der Waals surface area contributed by atoms with Crippen LogP contribution < -0.4 is 0 Å². The average molecular weight is 174 g/mol. The van der Waals surface area contributed by atoms with Gasteiger partial charge in [-0.25, -0.2) is 0 Å². The second kappa shape index (κ2) is 5.51. The number of rotatable bonds is 5. The van der Waals surface area contributed by atoms with Crippen LogP contribution in [0.25, 0.3) is 0 Å². The van der Waals surface area contributed by atoms with E-state index in [9.17, 15) is 0 Å². The first-order chi connectivity index (χ1) is 5.43. The molecule has 0 aliphatic carbocycles. The van der Waals surface area contributed by atoms with E-state index in [1.807, 2.05) is 14.0 Å². The predicted octanol–water partition coefficient (Wildman–Crippen LogP) is 0.249. The summed E-state index contributed by atoms with van der Waals surface area (Å²) in [5, 5.41) is 9.15. The molecule has 0 aliphatic heterocycles. The minimum absolute atomic E-state index is 0.236. The summed E-state index contributed by atoms with van der Waals surface area (Å²) < 4.78 is 0.